The molecule has 1 aliphatic rings. The number of nitrogens with zero attached hydrogens (tertiary/aromatic N) is 5. The number of rotatable bonds is 5. The quantitative estimate of drug-likeness (QED) is 0.486. The molecule has 0 amide bonds. The monoisotopic (exact) mass is 440 g/mol. The topological polar surface area (TPSA) is 107 Å². The first kappa shape index (κ1) is 19.8. The SMILES string of the molecule is COc1cc(OC)c(Cl)c(-c2cc3cnc(NC4CCC(O)C4)nc3n3cnnc23)c1. The molecule has 5 rings (SSSR count). The predicted molar refractivity (Wildman–Crippen MR) is 117 cm³/mol. The molecule has 0 saturated heterocycles. The van der Waals surface area contributed by atoms with Crippen molar-refractivity contribution in [1.29, 1.82) is 0 Å². The average molecular weight is 441 g/mol. The Balaban J connectivity index is 1.64. The first-order chi connectivity index (χ1) is 15.1. The molecule has 160 valence electrons. The van der Waals surface area contributed by atoms with E-state index in [0.29, 0.717) is 45.7 Å². The number of hydrogen-bond donors (Lipinski definition) is 2. The van der Waals surface area contributed by atoms with Crippen molar-refractivity contribution in [3.63, 3.8) is 0 Å². The Morgan fingerprint density at radius 1 is 1.13 bits per heavy atom. The van der Waals surface area contributed by atoms with Crippen molar-refractivity contribution in [2.45, 2.75) is 31.4 Å². The van der Waals surface area contributed by atoms with Gasteiger partial charge in [0.05, 0.1) is 25.3 Å². The van der Waals surface area contributed by atoms with E-state index >= 15 is 0 Å². The third kappa shape index (κ3) is 3.49. The van der Waals surface area contributed by atoms with Crippen molar-refractivity contribution in [3.8, 4) is 22.6 Å². The number of pyridine rings is 1. The normalized spacial score (nSPS) is 18.6. The molecule has 2 unspecified atom stereocenters. The molecule has 9 nitrogen and oxygen atoms in total. The second-order valence-electron chi connectivity index (χ2n) is 7.55. The fourth-order valence-electron chi connectivity index (χ4n) is 4.04. The van der Waals surface area contributed by atoms with Crippen molar-refractivity contribution in [2.24, 2.45) is 0 Å². The lowest BCUT2D eigenvalue weighted by molar-refractivity contribution is 0.182. The van der Waals surface area contributed by atoms with Gasteiger partial charge in [-0.1, -0.05) is 11.6 Å². The van der Waals surface area contributed by atoms with E-state index in [1.54, 1.807) is 32.8 Å². The van der Waals surface area contributed by atoms with Crippen LogP contribution in [0.2, 0.25) is 5.02 Å². The number of anilines is 1. The van der Waals surface area contributed by atoms with Crippen molar-refractivity contribution in [3.05, 3.63) is 35.7 Å². The summed E-state index contributed by atoms with van der Waals surface area (Å²) in [5, 5.41) is 22.7. The van der Waals surface area contributed by atoms with Crippen LogP contribution < -0.4 is 14.8 Å². The fourth-order valence-corrected chi connectivity index (χ4v) is 4.33. The fraction of sp³-hybridized carbons (Fsp3) is 0.333. The number of benzene rings is 1. The summed E-state index contributed by atoms with van der Waals surface area (Å²) >= 11 is 6.62. The highest BCUT2D eigenvalue weighted by Crippen LogP contribution is 2.41. The van der Waals surface area contributed by atoms with Gasteiger partial charge in [0, 0.05) is 34.8 Å². The van der Waals surface area contributed by atoms with Crippen LogP contribution in [-0.4, -0.2) is 56.0 Å². The summed E-state index contributed by atoms with van der Waals surface area (Å²) in [5.74, 6) is 1.63. The summed E-state index contributed by atoms with van der Waals surface area (Å²) in [7, 11) is 3.15. The molecule has 2 atom stereocenters. The zero-order valence-corrected chi connectivity index (χ0v) is 17.8. The zero-order chi connectivity index (χ0) is 21.5. The van der Waals surface area contributed by atoms with Crippen molar-refractivity contribution in [1.82, 2.24) is 24.6 Å². The molecule has 0 aliphatic heterocycles. The van der Waals surface area contributed by atoms with Gasteiger partial charge in [0.2, 0.25) is 5.95 Å². The van der Waals surface area contributed by atoms with E-state index in [1.165, 1.54) is 0 Å². The van der Waals surface area contributed by atoms with E-state index in [4.69, 9.17) is 21.1 Å². The third-order valence-electron chi connectivity index (χ3n) is 5.61. The van der Waals surface area contributed by atoms with Gasteiger partial charge in [0.1, 0.15) is 17.8 Å². The summed E-state index contributed by atoms with van der Waals surface area (Å²) < 4.78 is 12.6. The van der Waals surface area contributed by atoms with Gasteiger partial charge in [-0.2, -0.15) is 4.98 Å². The molecule has 10 heteroatoms. The second kappa shape index (κ2) is 7.82. The molecule has 1 aliphatic carbocycles. The first-order valence-corrected chi connectivity index (χ1v) is 10.3. The van der Waals surface area contributed by atoms with Crippen LogP contribution in [0.25, 0.3) is 27.8 Å². The van der Waals surface area contributed by atoms with Crippen molar-refractivity contribution >= 4 is 34.2 Å². The molecule has 0 bridgehead atoms. The molecule has 2 N–H and O–H groups in total. The molecule has 1 aromatic carbocycles. The highest BCUT2D eigenvalue weighted by molar-refractivity contribution is 6.35. The maximum atomic E-state index is 9.77. The number of nitrogens with one attached hydrogen (secondary N) is 1. The summed E-state index contributed by atoms with van der Waals surface area (Å²) in [5.41, 5.74) is 2.74. The third-order valence-corrected chi connectivity index (χ3v) is 6.00. The van der Waals surface area contributed by atoms with E-state index in [1.807, 2.05) is 16.5 Å². The first-order valence-electron chi connectivity index (χ1n) is 9.93. The van der Waals surface area contributed by atoms with E-state index in [-0.39, 0.29) is 12.1 Å². The number of aliphatic hydroxyl groups is 1. The number of aromatic nitrogens is 5. The van der Waals surface area contributed by atoms with Gasteiger partial charge in [-0.25, -0.2) is 4.98 Å². The Labute approximate surface area is 183 Å². The van der Waals surface area contributed by atoms with Gasteiger partial charge < -0.3 is 19.9 Å². The van der Waals surface area contributed by atoms with Gasteiger partial charge >= 0.3 is 0 Å². The van der Waals surface area contributed by atoms with Gasteiger partial charge in [0.15, 0.2) is 11.3 Å². The smallest absolute Gasteiger partial charge is 0.224 e. The zero-order valence-electron chi connectivity index (χ0n) is 17.0. The summed E-state index contributed by atoms with van der Waals surface area (Å²) in [6, 6.07) is 5.66. The molecule has 3 aromatic heterocycles. The summed E-state index contributed by atoms with van der Waals surface area (Å²) in [6.45, 7) is 0. The van der Waals surface area contributed by atoms with E-state index < -0.39 is 0 Å². The van der Waals surface area contributed by atoms with E-state index in [0.717, 1.165) is 23.8 Å². The molecular formula is C21H21ClN6O3. The average Bonchev–Trinajstić information content (AvgIpc) is 3.43. The Hall–Kier alpha value is -3.17. The summed E-state index contributed by atoms with van der Waals surface area (Å²) in [4.78, 5) is 9.16. The Kier molecular flexibility index (Phi) is 4.99. The van der Waals surface area contributed by atoms with Crippen LogP contribution >= 0.6 is 11.6 Å². The minimum Gasteiger partial charge on any atom is -0.497 e. The largest absolute Gasteiger partial charge is 0.497 e. The lowest BCUT2D eigenvalue weighted by Crippen LogP contribution is -2.18. The molecule has 1 saturated carbocycles. The summed E-state index contributed by atoms with van der Waals surface area (Å²) in [6.07, 6.45) is 5.47. The molecule has 0 radical (unpaired) electrons. The Morgan fingerprint density at radius 3 is 2.74 bits per heavy atom. The van der Waals surface area contributed by atoms with Crippen LogP contribution in [-0.2, 0) is 0 Å². The molecule has 4 aromatic rings. The van der Waals surface area contributed by atoms with Gasteiger partial charge in [-0.05, 0) is 31.4 Å². The molecule has 1 fully saturated rings. The standard InChI is InChI=1S/C21H21ClN6O3/c1-30-14-7-15(18(22)17(8-14)31-2)16-5-11-9-23-21(25-12-3-4-13(29)6-12)26-19(11)28-10-24-27-20(16)28/h5,7-10,12-13,29H,3-4,6H2,1-2H3,(H,23,25,26). The molecule has 3 heterocycles. The highest BCUT2D eigenvalue weighted by atomic mass is 35.5. The number of halogens is 1. The number of methoxy groups -OCH3 is 2. The lowest BCUT2D eigenvalue weighted by atomic mass is 10.0. The van der Waals surface area contributed by atoms with Crippen LogP contribution in [0.3, 0.4) is 0 Å². The molecular weight excluding hydrogens is 420 g/mol. The number of hydrogen-bond acceptors (Lipinski definition) is 8. The van der Waals surface area contributed by atoms with Crippen LogP contribution in [0, 0.1) is 0 Å². The maximum Gasteiger partial charge on any atom is 0.224 e. The predicted octanol–water partition coefficient (Wildman–Crippen LogP) is 3.34. The maximum absolute atomic E-state index is 9.77. The van der Waals surface area contributed by atoms with Crippen LogP contribution in [0.4, 0.5) is 5.95 Å². The minimum absolute atomic E-state index is 0.159. The van der Waals surface area contributed by atoms with Gasteiger partial charge in [0.25, 0.3) is 0 Å². The van der Waals surface area contributed by atoms with Crippen molar-refractivity contribution in [2.75, 3.05) is 19.5 Å². The minimum atomic E-state index is -0.269. The Bertz CT molecular complexity index is 1280. The van der Waals surface area contributed by atoms with Crippen LogP contribution in [0.5, 0.6) is 11.5 Å². The van der Waals surface area contributed by atoms with Gasteiger partial charge in [-0.15, -0.1) is 10.2 Å². The Morgan fingerprint density at radius 2 is 2.00 bits per heavy atom. The number of ether oxygens (including phenoxy) is 2. The molecule has 0 spiro atoms. The van der Waals surface area contributed by atoms with Crippen LogP contribution in [0.15, 0.2) is 30.7 Å². The van der Waals surface area contributed by atoms with Crippen LogP contribution in [0.1, 0.15) is 19.3 Å². The second-order valence-corrected chi connectivity index (χ2v) is 7.93. The lowest BCUT2D eigenvalue weighted by Gasteiger charge is -2.15. The number of fused-ring (bicyclic) bond motifs is 3. The van der Waals surface area contributed by atoms with Gasteiger partial charge in [-0.3, -0.25) is 4.40 Å². The number of aliphatic hydroxyl groups excluding tert-OH is 1. The van der Waals surface area contributed by atoms with E-state index in [9.17, 15) is 5.11 Å². The highest BCUT2D eigenvalue weighted by Gasteiger charge is 2.24. The molecule has 31 heavy (non-hydrogen) atoms. The van der Waals surface area contributed by atoms with E-state index in [2.05, 4.69) is 25.5 Å². The van der Waals surface area contributed by atoms with Crippen molar-refractivity contribution < 1.29 is 14.6 Å².